The smallest absolute Gasteiger partial charge is 0.282 e. The van der Waals surface area contributed by atoms with Crippen LogP contribution < -0.4 is 15.0 Å². The van der Waals surface area contributed by atoms with Gasteiger partial charge in [0.25, 0.3) is 11.8 Å². The third kappa shape index (κ3) is 3.97. The van der Waals surface area contributed by atoms with Crippen LogP contribution in [0.1, 0.15) is 18.1 Å². The first-order chi connectivity index (χ1) is 15.4. The van der Waals surface area contributed by atoms with E-state index in [1.165, 1.54) is 0 Å². The molecule has 0 saturated carbocycles. The maximum absolute atomic E-state index is 14.5. The van der Waals surface area contributed by atoms with Gasteiger partial charge in [0.15, 0.2) is 0 Å². The standard InChI is InChI=1S/C25H20F2N2O3/c1-3-32-19-11-6-16(7-12-19)22-23(28-18-9-4-15(2)5-10-18)25(31)29(24(22)30)21-14-17(26)8-13-20(21)27/h4-14,28H,3H2,1-2H3. The maximum Gasteiger partial charge on any atom is 0.282 e. The van der Waals surface area contributed by atoms with Gasteiger partial charge in [-0.05, 0) is 55.8 Å². The Bertz CT molecular complexity index is 1220. The fourth-order valence-electron chi connectivity index (χ4n) is 3.46. The number of carbonyl (C=O) groups excluding carboxylic acids is 2. The first-order valence-electron chi connectivity index (χ1n) is 10.0. The van der Waals surface area contributed by atoms with E-state index in [0.29, 0.717) is 28.5 Å². The number of benzene rings is 3. The van der Waals surface area contributed by atoms with Crippen molar-refractivity contribution in [2.24, 2.45) is 0 Å². The van der Waals surface area contributed by atoms with Gasteiger partial charge in [-0.2, -0.15) is 0 Å². The summed E-state index contributed by atoms with van der Waals surface area (Å²) in [6, 6.07) is 16.5. The van der Waals surface area contributed by atoms with E-state index >= 15 is 0 Å². The highest BCUT2D eigenvalue weighted by Gasteiger charge is 2.41. The Hall–Kier alpha value is -4.00. The number of imide groups is 1. The van der Waals surface area contributed by atoms with Crippen LogP contribution in [0.3, 0.4) is 0 Å². The number of nitrogens with one attached hydrogen (secondary N) is 1. The Morgan fingerprint density at radius 3 is 2.25 bits per heavy atom. The maximum atomic E-state index is 14.5. The van der Waals surface area contributed by atoms with Gasteiger partial charge in [0, 0.05) is 11.8 Å². The first-order valence-corrected chi connectivity index (χ1v) is 10.0. The van der Waals surface area contributed by atoms with Crippen molar-refractivity contribution in [2.75, 3.05) is 16.8 Å². The molecule has 0 aromatic heterocycles. The molecular formula is C25H20F2N2O3. The lowest BCUT2D eigenvalue weighted by molar-refractivity contribution is -0.120. The summed E-state index contributed by atoms with van der Waals surface area (Å²) >= 11 is 0. The van der Waals surface area contributed by atoms with Crippen molar-refractivity contribution in [2.45, 2.75) is 13.8 Å². The van der Waals surface area contributed by atoms with Gasteiger partial charge in [0.1, 0.15) is 23.1 Å². The van der Waals surface area contributed by atoms with Gasteiger partial charge >= 0.3 is 0 Å². The molecule has 0 bridgehead atoms. The third-order valence-corrected chi connectivity index (χ3v) is 5.01. The van der Waals surface area contributed by atoms with Gasteiger partial charge in [-0.15, -0.1) is 0 Å². The molecule has 1 aliphatic heterocycles. The zero-order valence-electron chi connectivity index (χ0n) is 17.5. The Kier molecular flexibility index (Phi) is 5.73. The van der Waals surface area contributed by atoms with Gasteiger partial charge in [-0.3, -0.25) is 9.59 Å². The SMILES string of the molecule is CCOc1ccc(C2=C(Nc3ccc(C)cc3)C(=O)N(c3cc(F)ccc3F)C2=O)cc1. The van der Waals surface area contributed by atoms with Crippen LogP contribution in [0.4, 0.5) is 20.2 Å². The average Bonchev–Trinajstić information content (AvgIpc) is 3.02. The second kappa shape index (κ2) is 8.63. The van der Waals surface area contributed by atoms with Crippen LogP contribution in [0.25, 0.3) is 5.57 Å². The number of aryl methyl sites for hydroxylation is 1. The van der Waals surface area contributed by atoms with E-state index in [2.05, 4.69) is 5.32 Å². The van der Waals surface area contributed by atoms with Crippen molar-refractivity contribution in [3.8, 4) is 5.75 Å². The Balaban J connectivity index is 1.81. The van der Waals surface area contributed by atoms with Gasteiger partial charge in [-0.1, -0.05) is 29.8 Å². The molecule has 1 aliphatic rings. The summed E-state index contributed by atoms with van der Waals surface area (Å²) in [7, 11) is 0. The van der Waals surface area contributed by atoms with E-state index in [9.17, 15) is 18.4 Å². The van der Waals surface area contributed by atoms with Crippen molar-refractivity contribution in [1.82, 2.24) is 0 Å². The summed E-state index contributed by atoms with van der Waals surface area (Å²) in [5.74, 6) is -2.56. The number of amides is 2. The van der Waals surface area contributed by atoms with Crippen LogP contribution in [0.15, 0.2) is 72.4 Å². The van der Waals surface area contributed by atoms with E-state index in [1.807, 2.05) is 26.0 Å². The highest BCUT2D eigenvalue weighted by molar-refractivity contribution is 6.46. The lowest BCUT2D eigenvalue weighted by atomic mass is 10.0. The topological polar surface area (TPSA) is 58.6 Å². The van der Waals surface area contributed by atoms with Crippen LogP contribution in [0.2, 0.25) is 0 Å². The summed E-state index contributed by atoms with van der Waals surface area (Å²) in [5, 5.41) is 2.99. The Morgan fingerprint density at radius 1 is 0.906 bits per heavy atom. The molecule has 5 nitrogen and oxygen atoms in total. The minimum atomic E-state index is -0.879. The predicted molar refractivity (Wildman–Crippen MR) is 118 cm³/mol. The molecule has 162 valence electrons. The zero-order valence-corrected chi connectivity index (χ0v) is 17.5. The number of anilines is 2. The van der Waals surface area contributed by atoms with Crippen molar-refractivity contribution in [3.63, 3.8) is 0 Å². The van der Waals surface area contributed by atoms with Crippen molar-refractivity contribution >= 4 is 28.8 Å². The molecule has 0 fully saturated rings. The van der Waals surface area contributed by atoms with Crippen molar-refractivity contribution in [1.29, 1.82) is 0 Å². The zero-order chi connectivity index (χ0) is 22.8. The molecule has 32 heavy (non-hydrogen) atoms. The van der Waals surface area contributed by atoms with Crippen LogP contribution in [-0.2, 0) is 9.59 Å². The normalized spacial score (nSPS) is 13.7. The van der Waals surface area contributed by atoms with Crippen LogP contribution in [0, 0.1) is 18.6 Å². The average molecular weight is 434 g/mol. The van der Waals surface area contributed by atoms with E-state index in [0.717, 1.165) is 23.8 Å². The van der Waals surface area contributed by atoms with E-state index < -0.39 is 29.1 Å². The minimum Gasteiger partial charge on any atom is -0.494 e. The number of hydrogen-bond acceptors (Lipinski definition) is 4. The van der Waals surface area contributed by atoms with E-state index in [4.69, 9.17) is 4.74 Å². The number of carbonyl (C=O) groups is 2. The number of hydrogen-bond donors (Lipinski definition) is 1. The molecule has 0 unspecified atom stereocenters. The molecule has 1 N–H and O–H groups in total. The summed E-state index contributed by atoms with van der Waals surface area (Å²) in [6.07, 6.45) is 0. The number of ether oxygens (including phenoxy) is 1. The van der Waals surface area contributed by atoms with Gasteiger partial charge < -0.3 is 10.1 Å². The predicted octanol–water partition coefficient (Wildman–Crippen LogP) is 5.07. The second-order valence-corrected chi connectivity index (χ2v) is 7.24. The number of halogens is 2. The molecule has 7 heteroatoms. The van der Waals surface area contributed by atoms with Crippen molar-refractivity contribution in [3.05, 3.63) is 95.2 Å². The number of rotatable bonds is 6. The molecule has 0 atom stereocenters. The van der Waals surface area contributed by atoms with Crippen molar-refractivity contribution < 1.29 is 23.1 Å². The third-order valence-electron chi connectivity index (χ3n) is 5.01. The molecule has 0 aliphatic carbocycles. The molecule has 3 aromatic rings. The fraction of sp³-hybridized carbons (Fsp3) is 0.120. The molecule has 2 amide bonds. The highest BCUT2D eigenvalue weighted by atomic mass is 19.1. The molecule has 0 saturated heterocycles. The summed E-state index contributed by atoms with van der Waals surface area (Å²) < 4.78 is 33.7. The van der Waals surface area contributed by atoms with Crippen LogP contribution >= 0.6 is 0 Å². The summed E-state index contributed by atoms with van der Waals surface area (Å²) in [5.41, 5.74) is 1.64. The molecule has 0 radical (unpaired) electrons. The van der Waals surface area contributed by atoms with Crippen LogP contribution in [0.5, 0.6) is 5.75 Å². The molecule has 3 aromatic carbocycles. The molecular weight excluding hydrogens is 414 g/mol. The Labute approximate surface area is 183 Å². The second-order valence-electron chi connectivity index (χ2n) is 7.24. The van der Waals surface area contributed by atoms with Crippen LogP contribution in [-0.4, -0.2) is 18.4 Å². The van der Waals surface area contributed by atoms with E-state index in [-0.39, 0.29) is 11.3 Å². The van der Waals surface area contributed by atoms with Gasteiger partial charge in [0.05, 0.1) is 17.9 Å². The first kappa shape index (κ1) is 21.2. The fourth-order valence-corrected chi connectivity index (χ4v) is 3.46. The lowest BCUT2D eigenvalue weighted by Crippen LogP contribution is -2.33. The van der Waals surface area contributed by atoms with E-state index in [1.54, 1.807) is 36.4 Å². The Morgan fingerprint density at radius 2 is 1.59 bits per heavy atom. The quantitative estimate of drug-likeness (QED) is 0.551. The number of nitrogens with zero attached hydrogens (tertiary/aromatic N) is 1. The van der Waals surface area contributed by atoms with Gasteiger partial charge in [-0.25, -0.2) is 13.7 Å². The molecule has 0 spiro atoms. The summed E-state index contributed by atoms with van der Waals surface area (Å²) in [4.78, 5) is 27.3. The lowest BCUT2D eigenvalue weighted by Gasteiger charge is -2.16. The minimum absolute atomic E-state index is 0.0216. The molecule has 1 heterocycles. The largest absolute Gasteiger partial charge is 0.494 e. The van der Waals surface area contributed by atoms with Gasteiger partial charge in [0.2, 0.25) is 0 Å². The highest BCUT2D eigenvalue weighted by Crippen LogP contribution is 2.35. The monoisotopic (exact) mass is 434 g/mol. The molecule has 4 rings (SSSR count). The summed E-state index contributed by atoms with van der Waals surface area (Å²) in [6.45, 7) is 4.25.